The second kappa shape index (κ2) is 4.32. The Morgan fingerprint density at radius 3 is 2.73 bits per heavy atom. The second-order valence-corrected chi connectivity index (χ2v) is 2.70. The van der Waals surface area contributed by atoms with Crippen molar-refractivity contribution in [1.29, 1.82) is 0 Å². The van der Waals surface area contributed by atoms with Gasteiger partial charge in [0.2, 0.25) is 5.91 Å². The van der Waals surface area contributed by atoms with Crippen molar-refractivity contribution in [3.63, 3.8) is 0 Å². The van der Waals surface area contributed by atoms with Gasteiger partial charge in [-0.25, -0.2) is 4.39 Å². The van der Waals surface area contributed by atoms with Crippen LogP contribution in [0.5, 0.6) is 0 Å². The van der Waals surface area contributed by atoms with Gasteiger partial charge in [0.15, 0.2) is 0 Å². The van der Waals surface area contributed by atoms with Crippen LogP contribution in [-0.2, 0) is 4.79 Å². The Morgan fingerprint density at radius 2 is 2.20 bits per heavy atom. The van der Waals surface area contributed by atoms with E-state index in [1.54, 1.807) is 0 Å². The summed E-state index contributed by atoms with van der Waals surface area (Å²) in [5, 5.41) is 10.5. The summed E-state index contributed by atoms with van der Waals surface area (Å²) in [6.07, 6.45) is 2.03. The fraction of sp³-hybridized carbons (Fsp3) is 0. The van der Waals surface area contributed by atoms with Gasteiger partial charge < -0.3 is 5.73 Å². The van der Waals surface area contributed by atoms with Crippen molar-refractivity contribution in [2.45, 2.75) is 0 Å². The van der Waals surface area contributed by atoms with Crippen LogP contribution in [0.3, 0.4) is 0 Å². The van der Waals surface area contributed by atoms with E-state index >= 15 is 0 Å². The Bertz CT molecular complexity index is 443. The monoisotopic (exact) mass is 210 g/mol. The summed E-state index contributed by atoms with van der Waals surface area (Å²) in [7, 11) is 0. The van der Waals surface area contributed by atoms with Crippen LogP contribution < -0.4 is 5.73 Å². The number of nitro benzene ring substituents is 1. The molecule has 78 valence electrons. The Morgan fingerprint density at radius 1 is 1.53 bits per heavy atom. The normalized spacial score (nSPS) is 10.5. The molecule has 0 heterocycles. The summed E-state index contributed by atoms with van der Waals surface area (Å²) in [6.45, 7) is 0. The van der Waals surface area contributed by atoms with Gasteiger partial charge in [-0.05, 0) is 18.2 Å². The number of hydrogen-bond donors (Lipinski definition) is 1. The summed E-state index contributed by atoms with van der Waals surface area (Å²) < 4.78 is 12.8. The number of benzene rings is 1. The van der Waals surface area contributed by atoms with Gasteiger partial charge in [0, 0.05) is 12.1 Å². The Hall–Kier alpha value is -2.24. The van der Waals surface area contributed by atoms with Crippen LogP contribution in [0.15, 0.2) is 24.3 Å². The Labute approximate surface area is 84.2 Å². The largest absolute Gasteiger partial charge is 0.366 e. The minimum Gasteiger partial charge on any atom is -0.366 e. The SMILES string of the molecule is NC(=O)/C=C\c1cc(F)ccc1[N+](=O)[O-]. The summed E-state index contributed by atoms with van der Waals surface area (Å²) >= 11 is 0. The number of primary amides is 1. The zero-order valence-electron chi connectivity index (χ0n) is 7.51. The quantitative estimate of drug-likeness (QED) is 0.462. The number of halogens is 1. The molecule has 0 saturated carbocycles. The summed E-state index contributed by atoms with van der Waals surface area (Å²) in [4.78, 5) is 20.3. The molecular formula is C9H7FN2O3. The van der Waals surface area contributed by atoms with E-state index in [0.29, 0.717) is 0 Å². The molecule has 15 heavy (non-hydrogen) atoms. The molecule has 0 aliphatic heterocycles. The molecule has 1 aromatic carbocycles. The smallest absolute Gasteiger partial charge is 0.276 e. The summed E-state index contributed by atoms with van der Waals surface area (Å²) in [6, 6.07) is 2.95. The highest BCUT2D eigenvalue weighted by molar-refractivity contribution is 5.90. The Kier molecular flexibility index (Phi) is 3.12. The lowest BCUT2D eigenvalue weighted by Crippen LogP contribution is -2.05. The van der Waals surface area contributed by atoms with E-state index in [1.165, 1.54) is 0 Å². The molecule has 0 aliphatic carbocycles. The first-order valence-corrected chi connectivity index (χ1v) is 3.92. The lowest BCUT2D eigenvalue weighted by Gasteiger charge is -1.96. The molecular weight excluding hydrogens is 203 g/mol. The average Bonchev–Trinajstić information content (AvgIpc) is 2.14. The molecule has 0 radical (unpaired) electrons. The van der Waals surface area contributed by atoms with E-state index in [-0.39, 0.29) is 11.3 Å². The molecule has 1 aromatic rings. The third-order valence-electron chi connectivity index (χ3n) is 1.61. The van der Waals surface area contributed by atoms with Crippen LogP contribution in [0.2, 0.25) is 0 Å². The second-order valence-electron chi connectivity index (χ2n) is 2.70. The molecule has 6 heteroatoms. The first-order valence-electron chi connectivity index (χ1n) is 3.92. The molecule has 0 fully saturated rings. The molecule has 1 rings (SSSR count). The van der Waals surface area contributed by atoms with Crippen molar-refractivity contribution in [2.75, 3.05) is 0 Å². The number of carbonyl (C=O) groups is 1. The van der Waals surface area contributed by atoms with Crippen molar-refractivity contribution in [3.05, 3.63) is 45.8 Å². The lowest BCUT2D eigenvalue weighted by molar-refractivity contribution is -0.385. The van der Waals surface area contributed by atoms with Crippen LogP contribution in [0.4, 0.5) is 10.1 Å². The van der Waals surface area contributed by atoms with Gasteiger partial charge >= 0.3 is 0 Å². The van der Waals surface area contributed by atoms with Gasteiger partial charge in [-0.2, -0.15) is 0 Å². The number of nitro groups is 1. The third kappa shape index (κ3) is 2.87. The maximum atomic E-state index is 12.8. The first-order chi connectivity index (χ1) is 7.00. The van der Waals surface area contributed by atoms with E-state index < -0.39 is 16.6 Å². The molecule has 0 spiro atoms. The number of hydrogen-bond acceptors (Lipinski definition) is 3. The average molecular weight is 210 g/mol. The van der Waals surface area contributed by atoms with Crippen LogP contribution in [-0.4, -0.2) is 10.8 Å². The van der Waals surface area contributed by atoms with E-state index in [9.17, 15) is 19.3 Å². The number of amides is 1. The summed E-state index contributed by atoms with van der Waals surface area (Å²) in [5.74, 6) is -1.38. The molecule has 0 aliphatic rings. The van der Waals surface area contributed by atoms with Gasteiger partial charge in [-0.15, -0.1) is 0 Å². The van der Waals surface area contributed by atoms with E-state index in [0.717, 1.165) is 30.4 Å². The highest BCUT2D eigenvalue weighted by Crippen LogP contribution is 2.20. The van der Waals surface area contributed by atoms with Crippen LogP contribution in [0, 0.1) is 15.9 Å². The summed E-state index contributed by atoms with van der Waals surface area (Å²) in [5.41, 5.74) is 4.53. The topological polar surface area (TPSA) is 86.2 Å². The molecule has 5 nitrogen and oxygen atoms in total. The van der Waals surface area contributed by atoms with Crippen molar-refractivity contribution >= 4 is 17.7 Å². The first kappa shape index (κ1) is 10.8. The molecule has 0 atom stereocenters. The molecule has 0 unspecified atom stereocenters. The highest BCUT2D eigenvalue weighted by Gasteiger charge is 2.11. The number of nitrogens with zero attached hydrogens (tertiary/aromatic N) is 1. The minimum atomic E-state index is -0.756. The highest BCUT2D eigenvalue weighted by atomic mass is 19.1. The van der Waals surface area contributed by atoms with Crippen molar-refractivity contribution in [1.82, 2.24) is 0 Å². The maximum Gasteiger partial charge on any atom is 0.276 e. The fourth-order valence-electron chi connectivity index (χ4n) is 0.997. The van der Waals surface area contributed by atoms with Crippen molar-refractivity contribution in [2.24, 2.45) is 5.73 Å². The van der Waals surface area contributed by atoms with Gasteiger partial charge in [0.25, 0.3) is 5.69 Å². The molecule has 0 aromatic heterocycles. The van der Waals surface area contributed by atoms with Gasteiger partial charge in [0.1, 0.15) is 5.82 Å². The third-order valence-corrected chi connectivity index (χ3v) is 1.61. The van der Waals surface area contributed by atoms with Crippen molar-refractivity contribution < 1.29 is 14.1 Å². The Balaban J connectivity index is 3.18. The predicted octanol–water partition coefficient (Wildman–Crippen LogP) is 1.23. The predicted molar refractivity (Wildman–Crippen MR) is 51.3 cm³/mol. The number of nitrogens with two attached hydrogens (primary N) is 1. The molecule has 1 amide bonds. The van der Waals surface area contributed by atoms with E-state index in [1.807, 2.05) is 0 Å². The number of rotatable bonds is 3. The molecule has 0 saturated heterocycles. The number of carbonyl (C=O) groups excluding carboxylic acids is 1. The lowest BCUT2D eigenvalue weighted by atomic mass is 10.1. The minimum absolute atomic E-state index is 0.00111. The zero-order chi connectivity index (χ0) is 11.4. The molecule has 2 N–H and O–H groups in total. The van der Waals surface area contributed by atoms with Crippen LogP contribution >= 0.6 is 0 Å². The van der Waals surface area contributed by atoms with Gasteiger partial charge in [0.05, 0.1) is 10.5 Å². The van der Waals surface area contributed by atoms with Crippen LogP contribution in [0.25, 0.3) is 6.08 Å². The van der Waals surface area contributed by atoms with Gasteiger partial charge in [-0.3, -0.25) is 14.9 Å². The fourth-order valence-corrected chi connectivity index (χ4v) is 0.997. The van der Waals surface area contributed by atoms with Crippen molar-refractivity contribution in [3.8, 4) is 0 Å². The molecule has 0 bridgehead atoms. The van der Waals surface area contributed by atoms with E-state index in [4.69, 9.17) is 5.73 Å². The maximum absolute atomic E-state index is 12.8. The van der Waals surface area contributed by atoms with E-state index in [2.05, 4.69) is 0 Å². The van der Waals surface area contributed by atoms with Crippen LogP contribution in [0.1, 0.15) is 5.56 Å². The zero-order valence-corrected chi connectivity index (χ0v) is 7.51. The standard InChI is InChI=1S/C9H7FN2O3/c10-7-2-3-8(12(14)15)6(5-7)1-4-9(11)13/h1-5H,(H2,11,13)/b4-1-. The van der Waals surface area contributed by atoms with Gasteiger partial charge in [-0.1, -0.05) is 0 Å².